The van der Waals surface area contributed by atoms with Gasteiger partial charge in [-0.2, -0.15) is 10.2 Å². The summed E-state index contributed by atoms with van der Waals surface area (Å²) in [7, 11) is 1.71. The van der Waals surface area contributed by atoms with Crippen LogP contribution in [-0.2, 0) is 7.05 Å². The van der Waals surface area contributed by atoms with Gasteiger partial charge in [-0.05, 0) is 57.9 Å². The summed E-state index contributed by atoms with van der Waals surface area (Å²) in [5.41, 5.74) is 3.64. The van der Waals surface area contributed by atoms with Crippen LogP contribution < -0.4 is 10.2 Å². The SMILES string of the molecule is Cn1cc(Br)c(C(=O)Oc2ccc(/C=N/NC(=O)c3ccccc3Cl)cc2)n1. The molecule has 7 nitrogen and oxygen atoms in total. The molecular weight excluding hydrogens is 448 g/mol. The van der Waals surface area contributed by atoms with Crippen molar-refractivity contribution in [3.63, 3.8) is 0 Å². The Labute approximate surface area is 174 Å². The summed E-state index contributed by atoms with van der Waals surface area (Å²) in [5, 5.41) is 8.29. The van der Waals surface area contributed by atoms with Gasteiger partial charge in [0, 0.05) is 13.2 Å². The molecule has 0 aliphatic carbocycles. The molecule has 0 radical (unpaired) electrons. The van der Waals surface area contributed by atoms with Crippen LogP contribution in [0.1, 0.15) is 26.4 Å². The minimum Gasteiger partial charge on any atom is -0.422 e. The van der Waals surface area contributed by atoms with Crippen LogP contribution in [0, 0.1) is 0 Å². The van der Waals surface area contributed by atoms with E-state index in [1.807, 2.05) is 0 Å². The molecule has 0 atom stereocenters. The van der Waals surface area contributed by atoms with Crippen LogP contribution >= 0.6 is 27.5 Å². The lowest BCUT2D eigenvalue weighted by Gasteiger charge is -2.03. The van der Waals surface area contributed by atoms with Crippen LogP contribution in [0.5, 0.6) is 5.75 Å². The predicted octanol–water partition coefficient (Wildman–Crippen LogP) is 3.82. The average molecular weight is 462 g/mol. The molecule has 28 heavy (non-hydrogen) atoms. The second-order valence-corrected chi connectivity index (χ2v) is 6.90. The first-order valence-electron chi connectivity index (χ1n) is 8.03. The summed E-state index contributed by atoms with van der Waals surface area (Å²) < 4.78 is 7.35. The number of ether oxygens (including phenoxy) is 1. The molecule has 1 amide bonds. The molecule has 1 heterocycles. The van der Waals surface area contributed by atoms with Crippen molar-refractivity contribution in [3.05, 3.63) is 81.0 Å². The average Bonchev–Trinajstić information content (AvgIpc) is 3.01. The highest BCUT2D eigenvalue weighted by molar-refractivity contribution is 9.10. The highest BCUT2D eigenvalue weighted by Crippen LogP contribution is 2.18. The Morgan fingerprint density at radius 2 is 1.93 bits per heavy atom. The van der Waals surface area contributed by atoms with Crippen LogP contribution in [0.4, 0.5) is 0 Å². The first-order valence-corrected chi connectivity index (χ1v) is 9.20. The van der Waals surface area contributed by atoms with Crippen molar-refractivity contribution < 1.29 is 14.3 Å². The molecule has 0 saturated heterocycles. The van der Waals surface area contributed by atoms with E-state index in [0.29, 0.717) is 26.4 Å². The highest BCUT2D eigenvalue weighted by atomic mass is 79.9. The van der Waals surface area contributed by atoms with E-state index in [0.717, 1.165) is 0 Å². The van der Waals surface area contributed by atoms with E-state index < -0.39 is 11.9 Å². The van der Waals surface area contributed by atoms with Crippen molar-refractivity contribution in [2.75, 3.05) is 0 Å². The molecule has 0 aliphatic heterocycles. The second-order valence-electron chi connectivity index (χ2n) is 5.64. The number of halogens is 2. The third kappa shape index (κ3) is 4.85. The molecular formula is C19H14BrClN4O3. The van der Waals surface area contributed by atoms with Gasteiger partial charge in [-0.25, -0.2) is 10.2 Å². The number of benzene rings is 2. The second kappa shape index (κ2) is 8.81. The third-order valence-electron chi connectivity index (χ3n) is 3.57. The maximum Gasteiger partial charge on any atom is 0.365 e. The van der Waals surface area contributed by atoms with Gasteiger partial charge in [0.25, 0.3) is 5.91 Å². The van der Waals surface area contributed by atoms with Crippen LogP contribution in [-0.4, -0.2) is 27.9 Å². The first kappa shape index (κ1) is 19.8. The number of hydrazone groups is 1. The number of hydrogen-bond donors (Lipinski definition) is 1. The van der Waals surface area contributed by atoms with E-state index >= 15 is 0 Å². The number of carbonyl (C=O) groups excluding carboxylic acids is 2. The first-order chi connectivity index (χ1) is 13.4. The Bertz CT molecular complexity index is 1050. The van der Waals surface area contributed by atoms with Gasteiger partial charge in [0.15, 0.2) is 5.69 Å². The van der Waals surface area contributed by atoms with Gasteiger partial charge in [0.05, 0.1) is 21.3 Å². The zero-order chi connectivity index (χ0) is 20.1. The van der Waals surface area contributed by atoms with Crippen molar-refractivity contribution in [2.45, 2.75) is 0 Å². The summed E-state index contributed by atoms with van der Waals surface area (Å²) in [6, 6.07) is 13.3. The van der Waals surface area contributed by atoms with Crippen molar-refractivity contribution in [1.29, 1.82) is 0 Å². The number of rotatable bonds is 5. The minimum atomic E-state index is -0.569. The number of hydrogen-bond acceptors (Lipinski definition) is 5. The lowest BCUT2D eigenvalue weighted by molar-refractivity contribution is 0.0726. The Kier molecular flexibility index (Phi) is 6.23. The highest BCUT2D eigenvalue weighted by Gasteiger charge is 2.16. The van der Waals surface area contributed by atoms with Gasteiger partial charge >= 0.3 is 5.97 Å². The maximum atomic E-state index is 12.1. The molecule has 3 aromatic rings. The molecule has 0 saturated carbocycles. The fraction of sp³-hybridized carbons (Fsp3) is 0.0526. The number of aromatic nitrogens is 2. The number of esters is 1. The topological polar surface area (TPSA) is 85.6 Å². The standard InChI is InChI=1S/C19H14BrClN4O3/c1-25-11-15(20)17(24-25)19(27)28-13-8-6-12(7-9-13)10-22-23-18(26)14-4-2-3-5-16(14)21/h2-11H,1H3,(H,23,26)/b22-10+. The maximum absolute atomic E-state index is 12.1. The van der Waals surface area contributed by atoms with Gasteiger partial charge in [-0.1, -0.05) is 23.7 Å². The number of aryl methyl sites for hydroxylation is 1. The molecule has 0 unspecified atom stereocenters. The van der Waals surface area contributed by atoms with Crippen molar-refractivity contribution >= 4 is 45.6 Å². The molecule has 0 aliphatic rings. The number of nitrogens with zero attached hydrogens (tertiary/aromatic N) is 3. The number of nitrogens with one attached hydrogen (secondary N) is 1. The number of carbonyl (C=O) groups is 2. The van der Waals surface area contributed by atoms with Gasteiger partial charge < -0.3 is 4.74 Å². The van der Waals surface area contributed by atoms with E-state index in [2.05, 4.69) is 31.6 Å². The summed E-state index contributed by atoms with van der Waals surface area (Å²) in [4.78, 5) is 24.1. The van der Waals surface area contributed by atoms with E-state index in [4.69, 9.17) is 16.3 Å². The minimum absolute atomic E-state index is 0.190. The van der Waals surface area contributed by atoms with Crippen LogP contribution in [0.3, 0.4) is 0 Å². The summed E-state index contributed by atoms with van der Waals surface area (Å²) in [6.45, 7) is 0. The van der Waals surface area contributed by atoms with Gasteiger partial charge in [0.1, 0.15) is 5.75 Å². The summed E-state index contributed by atoms with van der Waals surface area (Å²) in [5.74, 6) is -0.617. The van der Waals surface area contributed by atoms with Crippen molar-refractivity contribution in [2.24, 2.45) is 12.1 Å². The Balaban J connectivity index is 1.59. The quantitative estimate of drug-likeness (QED) is 0.271. The summed E-state index contributed by atoms with van der Waals surface area (Å²) >= 11 is 9.23. The Hall–Kier alpha value is -2.97. The zero-order valence-corrected chi connectivity index (χ0v) is 16.9. The molecule has 2 aromatic carbocycles. The Morgan fingerprint density at radius 3 is 2.57 bits per heavy atom. The van der Waals surface area contributed by atoms with Crippen LogP contribution in [0.25, 0.3) is 0 Å². The molecule has 0 bridgehead atoms. The smallest absolute Gasteiger partial charge is 0.365 e. The van der Waals surface area contributed by atoms with Crippen LogP contribution in [0.2, 0.25) is 5.02 Å². The fourth-order valence-electron chi connectivity index (χ4n) is 2.25. The zero-order valence-electron chi connectivity index (χ0n) is 14.6. The Morgan fingerprint density at radius 1 is 1.21 bits per heavy atom. The lowest BCUT2D eigenvalue weighted by atomic mass is 10.2. The van der Waals surface area contributed by atoms with E-state index in [1.165, 1.54) is 10.9 Å². The number of amides is 1. The molecule has 0 spiro atoms. The summed E-state index contributed by atoms with van der Waals surface area (Å²) in [6.07, 6.45) is 3.13. The van der Waals surface area contributed by atoms with Crippen molar-refractivity contribution in [3.8, 4) is 5.75 Å². The molecule has 9 heteroatoms. The molecule has 0 fully saturated rings. The van der Waals surface area contributed by atoms with Gasteiger partial charge in [-0.3, -0.25) is 9.48 Å². The molecule has 1 N–H and O–H groups in total. The third-order valence-corrected chi connectivity index (χ3v) is 4.48. The predicted molar refractivity (Wildman–Crippen MR) is 109 cm³/mol. The molecule has 1 aromatic heterocycles. The van der Waals surface area contributed by atoms with Gasteiger partial charge in [-0.15, -0.1) is 0 Å². The molecule has 142 valence electrons. The van der Waals surface area contributed by atoms with E-state index in [9.17, 15) is 9.59 Å². The van der Waals surface area contributed by atoms with Gasteiger partial charge in [0.2, 0.25) is 0 Å². The van der Waals surface area contributed by atoms with Crippen LogP contribution in [0.15, 0.2) is 64.3 Å². The normalized spacial score (nSPS) is 10.8. The lowest BCUT2D eigenvalue weighted by Crippen LogP contribution is -2.17. The monoisotopic (exact) mass is 460 g/mol. The molecule has 3 rings (SSSR count). The van der Waals surface area contributed by atoms with Crippen molar-refractivity contribution in [1.82, 2.24) is 15.2 Å². The van der Waals surface area contributed by atoms with E-state index in [-0.39, 0.29) is 5.69 Å². The van der Waals surface area contributed by atoms with E-state index in [1.54, 1.807) is 61.8 Å². The fourth-order valence-corrected chi connectivity index (χ4v) is 3.01. The largest absolute Gasteiger partial charge is 0.422 e.